The zero-order valence-electron chi connectivity index (χ0n) is 20.2. The van der Waals surface area contributed by atoms with Crippen molar-refractivity contribution in [3.05, 3.63) is 59.2 Å². The summed E-state index contributed by atoms with van der Waals surface area (Å²) in [6.45, 7) is 5.89. The average Bonchev–Trinajstić information content (AvgIpc) is 2.83. The zero-order valence-corrected chi connectivity index (χ0v) is 20.2. The predicted octanol–water partition coefficient (Wildman–Crippen LogP) is 4.56. The highest BCUT2D eigenvalue weighted by Crippen LogP contribution is 2.21. The van der Waals surface area contributed by atoms with Gasteiger partial charge < -0.3 is 19.7 Å². The van der Waals surface area contributed by atoms with Crippen molar-refractivity contribution < 1.29 is 19.1 Å². The standard InChI is InChI=1S/C27H36N2O4/c1-19-13-14-20(2)25(15-19)33-18-26(30)29(17-22-9-8-12-24(16-22)32-4)21(3)27(31)28-23-10-6-5-7-11-23/h8-9,12-16,21,23H,5-7,10-11,17-18H2,1-4H3,(H,28,31). The molecule has 0 aromatic heterocycles. The quantitative estimate of drug-likeness (QED) is 0.606. The van der Waals surface area contributed by atoms with E-state index in [0.29, 0.717) is 18.0 Å². The monoisotopic (exact) mass is 452 g/mol. The first-order chi connectivity index (χ1) is 15.9. The Balaban J connectivity index is 1.74. The van der Waals surface area contributed by atoms with Gasteiger partial charge in [-0.15, -0.1) is 0 Å². The van der Waals surface area contributed by atoms with Crippen LogP contribution >= 0.6 is 0 Å². The summed E-state index contributed by atoms with van der Waals surface area (Å²) < 4.78 is 11.2. The fraction of sp³-hybridized carbons (Fsp3) is 0.481. The second kappa shape index (κ2) is 11.7. The molecule has 1 N–H and O–H groups in total. The maximum absolute atomic E-state index is 13.3. The number of carbonyl (C=O) groups excluding carboxylic acids is 2. The molecule has 1 aliphatic rings. The van der Waals surface area contributed by atoms with Crippen LogP contribution in [0.5, 0.6) is 11.5 Å². The largest absolute Gasteiger partial charge is 0.497 e. The fourth-order valence-corrected chi connectivity index (χ4v) is 4.20. The van der Waals surface area contributed by atoms with Gasteiger partial charge in [-0.25, -0.2) is 0 Å². The molecule has 2 aromatic rings. The number of carbonyl (C=O) groups is 2. The van der Waals surface area contributed by atoms with Crippen LogP contribution in [0.4, 0.5) is 0 Å². The van der Waals surface area contributed by atoms with Gasteiger partial charge in [0.05, 0.1) is 7.11 Å². The molecule has 178 valence electrons. The normalized spacial score (nSPS) is 14.9. The van der Waals surface area contributed by atoms with Gasteiger partial charge in [-0.05, 0) is 68.5 Å². The summed E-state index contributed by atoms with van der Waals surface area (Å²) in [4.78, 5) is 28.0. The molecule has 0 heterocycles. The number of amides is 2. The lowest BCUT2D eigenvalue weighted by molar-refractivity contribution is -0.142. The number of aryl methyl sites for hydroxylation is 2. The minimum Gasteiger partial charge on any atom is -0.497 e. The zero-order chi connectivity index (χ0) is 23.8. The van der Waals surface area contributed by atoms with Crippen LogP contribution in [-0.4, -0.2) is 42.5 Å². The van der Waals surface area contributed by atoms with Gasteiger partial charge in [0.25, 0.3) is 5.91 Å². The van der Waals surface area contributed by atoms with E-state index in [1.165, 1.54) is 6.42 Å². The van der Waals surface area contributed by atoms with E-state index in [2.05, 4.69) is 5.32 Å². The van der Waals surface area contributed by atoms with E-state index in [1.54, 1.807) is 18.9 Å². The van der Waals surface area contributed by atoms with Crippen LogP contribution < -0.4 is 14.8 Å². The summed E-state index contributed by atoms with van der Waals surface area (Å²) in [5.74, 6) is 1.05. The molecule has 2 amide bonds. The third kappa shape index (κ3) is 6.98. The molecule has 6 nitrogen and oxygen atoms in total. The molecule has 0 radical (unpaired) electrons. The van der Waals surface area contributed by atoms with E-state index < -0.39 is 6.04 Å². The Labute approximate surface area is 197 Å². The molecule has 0 saturated heterocycles. The van der Waals surface area contributed by atoms with E-state index in [9.17, 15) is 9.59 Å². The van der Waals surface area contributed by atoms with Crippen LogP contribution in [0.1, 0.15) is 55.7 Å². The molecule has 1 aliphatic carbocycles. The SMILES string of the molecule is COc1cccc(CN(C(=O)COc2cc(C)ccc2C)C(C)C(=O)NC2CCCCC2)c1. The lowest BCUT2D eigenvalue weighted by atomic mass is 9.95. The molecule has 1 atom stereocenters. The first kappa shape index (κ1) is 24.6. The van der Waals surface area contributed by atoms with E-state index >= 15 is 0 Å². The van der Waals surface area contributed by atoms with Crippen LogP contribution in [0.25, 0.3) is 0 Å². The van der Waals surface area contributed by atoms with Crippen molar-refractivity contribution >= 4 is 11.8 Å². The van der Waals surface area contributed by atoms with E-state index in [-0.39, 0.29) is 24.5 Å². The second-order valence-corrected chi connectivity index (χ2v) is 8.95. The molecule has 1 unspecified atom stereocenters. The molecule has 0 aliphatic heterocycles. The number of methoxy groups -OCH3 is 1. The second-order valence-electron chi connectivity index (χ2n) is 8.95. The summed E-state index contributed by atoms with van der Waals surface area (Å²) in [6.07, 6.45) is 5.49. The van der Waals surface area contributed by atoms with Crippen molar-refractivity contribution in [1.82, 2.24) is 10.2 Å². The molecular weight excluding hydrogens is 416 g/mol. The Bertz CT molecular complexity index is 953. The summed E-state index contributed by atoms with van der Waals surface area (Å²) in [5.41, 5.74) is 2.93. The number of hydrogen-bond acceptors (Lipinski definition) is 4. The number of ether oxygens (including phenoxy) is 2. The summed E-state index contributed by atoms with van der Waals surface area (Å²) in [5, 5.41) is 3.15. The van der Waals surface area contributed by atoms with Crippen molar-refractivity contribution in [3.63, 3.8) is 0 Å². The molecule has 0 bridgehead atoms. The number of nitrogens with zero attached hydrogens (tertiary/aromatic N) is 1. The molecular formula is C27H36N2O4. The number of hydrogen-bond donors (Lipinski definition) is 1. The van der Waals surface area contributed by atoms with E-state index in [1.807, 2.05) is 56.3 Å². The van der Waals surface area contributed by atoms with Gasteiger partial charge >= 0.3 is 0 Å². The van der Waals surface area contributed by atoms with Crippen LogP contribution in [0.3, 0.4) is 0 Å². The molecule has 33 heavy (non-hydrogen) atoms. The Morgan fingerprint density at radius 2 is 1.85 bits per heavy atom. The Kier molecular flexibility index (Phi) is 8.75. The van der Waals surface area contributed by atoms with Gasteiger partial charge in [-0.3, -0.25) is 9.59 Å². The third-order valence-electron chi connectivity index (χ3n) is 6.30. The molecule has 3 rings (SSSR count). The predicted molar refractivity (Wildman–Crippen MR) is 129 cm³/mol. The maximum atomic E-state index is 13.3. The van der Waals surface area contributed by atoms with E-state index in [0.717, 1.165) is 42.4 Å². The maximum Gasteiger partial charge on any atom is 0.261 e. The van der Waals surface area contributed by atoms with Crippen LogP contribution in [0, 0.1) is 13.8 Å². The number of rotatable bonds is 9. The molecule has 6 heteroatoms. The minimum atomic E-state index is -0.618. The van der Waals surface area contributed by atoms with Gasteiger partial charge in [-0.1, -0.05) is 43.5 Å². The first-order valence-corrected chi connectivity index (χ1v) is 11.8. The fourth-order valence-electron chi connectivity index (χ4n) is 4.20. The smallest absolute Gasteiger partial charge is 0.261 e. The van der Waals surface area contributed by atoms with Gasteiger partial charge in [0, 0.05) is 12.6 Å². The summed E-state index contributed by atoms with van der Waals surface area (Å²) >= 11 is 0. The van der Waals surface area contributed by atoms with Crippen LogP contribution in [-0.2, 0) is 16.1 Å². The number of benzene rings is 2. The Hall–Kier alpha value is -3.02. The van der Waals surface area contributed by atoms with Crippen LogP contribution in [0.2, 0.25) is 0 Å². The van der Waals surface area contributed by atoms with Crippen molar-refractivity contribution in [1.29, 1.82) is 0 Å². The van der Waals surface area contributed by atoms with Gasteiger partial charge in [0.1, 0.15) is 17.5 Å². The molecule has 2 aromatic carbocycles. The lowest BCUT2D eigenvalue weighted by Gasteiger charge is -2.31. The Morgan fingerprint density at radius 1 is 1.09 bits per heavy atom. The first-order valence-electron chi connectivity index (χ1n) is 11.8. The highest BCUT2D eigenvalue weighted by molar-refractivity contribution is 5.88. The topological polar surface area (TPSA) is 67.9 Å². The van der Waals surface area contributed by atoms with Crippen LogP contribution in [0.15, 0.2) is 42.5 Å². The van der Waals surface area contributed by atoms with Gasteiger partial charge in [-0.2, -0.15) is 0 Å². The average molecular weight is 453 g/mol. The summed E-state index contributed by atoms with van der Waals surface area (Å²) in [6, 6.07) is 13.0. The highest BCUT2D eigenvalue weighted by atomic mass is 16.5. The molecule has 1 saturated carbocycles. The summed E-state index contributed by atoms with van der Waals surface area (Å²) in [7, 11) is 1.61. The van der Waals surface area contributed by atoms with Gasteiger partial charge in [0.2, 0.25) is 5.91 Å². The van der Waals surface area contributed by atoms with Crippen molar-refractivity contribution in [2.24, 2.45) is 0 Å². The van der Waals surface area contributed by atoms with Crippen molar-refractivity contribution in [2.45, 2.75) is 71.5 Å². The molecule has 0 spiro atoms. The third-order valence-corrected chi connectivity index (χ3v) is 6.30. The van der Waals surface area contributed by atoms with Crippen molar-refractivity contribution in [3.8, 4) is 11.5 Å². The van der Waals surface area contributed by atoms with Crippen molar-refractivity contribution in [2.75, 3.05) is 13.7 Å². The molecule has 1 fully saturated rings. The highest BCUT2D eigenvalue weighted by Gasteiger charge is 2.28. The lowest BCUT2D eigenvalue weighted by Crippen LogP contribution is -2.51. The van der Waals surface area contributed by atoms with Gasteiger partial charge in [0.15, 0.2) is 6.61 Å². The van der Waals surface area contributed by atoms with E-state index in [4.69, 9.17) is 9.47 Å². The number of nitrogens with one attached hydrogen (secondary N) is 1. The minimum absolute atomic E-state index is 0.120. The Morgan fingerprint density at radius 3 is 2.58 bits per heavy atom.